The van der Waals surface area contributed by atoms with Crippen LogP contribution in [0.5, 0.6) is 0 Å². The fraction of sp³-hybridized carbons (Fsp3) is 0.333. The monoisotopic (exact) mass is 340 g/mol. The quantitative estimate of drug-likeness (QED) is 0.657. The van der Waals surface area contributed by atoms with Crippen LogP contribution in [0.25, 0.3) is 0 Å². The molecule has 4 nitrogen and oxygen atoms in total. The molecule has 4 heteroatoms. The molecule has 0 spiro atoms. The summed E-state index contributed by atoms with van der Waals surface area (Å²) in [4.78, 5) is 23.9. The Balaban J connectivity index is 1.67. The summed E-state index contributed by atoms with van der Waals surface area (Å²) in [6, 6.07) is 17.9. The van der Waals surface area contributed by atoms with Crippen molar-refractivity contribution in [1.82, 2.24) is 0 Å². The Labute approximate surface area is 148 Å². The SMILES string of the molecule is CC(CCCC(C)OC(=O)c1ccccc1)OC(=O)c1ccccc1. The van der Waals surface area contributed by atoms with Gasteiger partial charge in [0.2, 0.25) is 0 Å². The highest BCUT2D eigenvalue weighted by Crippen LogP contribution is 2.13. The fourth-order valence-corrected chi connectivity index (χ4v) is 2.46. The second-order valence-electron chi connectivity index (χ2n) is 6.09. The zero-order valence-corrected chi connectivity index (χ0v) is 14.7. The van der Waals surface area contributed by atoms with E-state index >= 15 is 0 Å². The molecule has 2 rings (SSSR count). The third-order valence-corrected chi connectivity index (χ3v) is 3.86. The van der Waals surface area contributed by atoms with E-state index in [2.05, 4.69) is 0 Å². The maximum atomic E-state index is 12.0. The van der Waals surface area contributed by atoms with Gasteiger partial charge in [0, 0.05) is 0 Å². The molecule has 0 aliphatic carbocycles. The summed E-state index contributed by atoms with van der Waals surface area (Å²) in [5.41, 5.74) is 1.11. The lowest BCUT2D eigenvalue weighted by atomic mass is 10.1. The molecule has 0 amide bonds. The average molecular weight is 340 g/mol. The van der Waals surface area contributed by atoms with Crippen LogP contribution >= 0.6 is 0 Å². The lowest BCUT2D eigenvalue weighted by molar-refractivity contribution is 0.0269. The van der Waals surface area contributed by atoms with E-state index in [-0.39, 0.29) is 24.1 Å². The molecule has 0 aliphatic heterocycles. The molecule has 0 N–H and O–H groups in total. The molecule has 0 aliphatic rings. The topological polar surface area (TPSA) is 52.6 Å². The highest BCUT2D eigenvalue weighted by Gasteiger charge is 2.14. The third-order valence-electron chi connectivity index (χ3n) is 3.86. The molecule has 2 unspecified atom stereocenters. The summed E-state index contributed by atoms with van der Waals surface area (Å²) < 4.78 is 10.8. The Kier molecular flexibility index (Phi) is 7.20. The number of hydrogen-bond acceptors (Lipinski definition) is 4. The normalized spacial score (nSPS) is 12.9. The second-order valence-corrected chi connectivity index (χ2v) is 6.09. The first-order valence-electron chi connectivity index (χ1n) is 8.58. The summed E-state index contributed by atoms with van der Waals surface area (Å²) in [7, 11) is 0. The molecule has 132 valence electrons. The Morgan fingerprint density at radius 3 is 1.44 bits per heavy atom. The summed E-state index contributed by atoms with van der Waals surface area (Å²) in [5.74, 6) is -0.617. The van der Waals surface area contributed by atoms with Crippen LogP contribution in [-0.4, -0.2) is 24.1 Å². The average Bonchev–Trinajstić information content (AvgIpc) is 2.63. The number of rotatable bonds is 8. The van der Waals surface area contributed by atoms with E-state index in [1.165, 1.54) is 0 Å². The molecule has 2 atom stereocenters. The summed E-state index contributed by atoms with van der Waals surface area (Å²) in [5, 5.41) is 0. The highest BCUT2D eigenvalue weighted by atomic mass is 16.5. The molecule has 0 radical (unpaired) electrons. The number of hydrogen-bond donors (Lipinski definition) is 0. The van der Waals surface area contributed by atoms with Crippen molar-refractivity contribution in [3.63, 3.8) is 0 Å². The van der Waals surface area contributed by atoms with Gasteiger partial charge in [-0.3, -0.25) is 0 Å². The van der Waals surface area contributed by atoms with Crippen molar-refractivity contribution < 1.29 is 19.1 Å². The Hall–Kier alpha value is -2.62. The van der Waals surface area contributed by atoms with Crippen LogP contribution in [0.15, 0.2) is 60.7 Å². The molecule has 0 bridgehead atoms. The second kappa shape index (κ2) is 9.62. The molecule has 0 fully saturated rings. The first-order chi connectivity index (χ1) is 12.1. The first-order valence-corrected chi connectivity index (χ1v) is 8.58. The van der Waals surface area contributed by atoms with E-state index in [1.807, 2.05) is 50.2 Å². The van der Waals surface area contributed by atoms with Gasteiger partial charge in [-0.2, -0.15) is 0 Å². The zero-order valence-electron chi connectivity index (χ0n) is 14.7. The van der Waals surface area contributed by atoms with Crippen LogP contribution in [0.3, 0.4) is 0 Å². The third kappa shape index (κ3) is 6.42. The van der Waals surface area contributed by atoms with Crippen molar-refractivity contribution in [2.24, 2.45) is 0 Å². The molecule has 0 heterocycles. The minimum absolute atomic E-state index is 0.176. The van der Waals surface area contributed by atoms with Gasteiger partial charge in [-0.1, -0.05) is 36.4 Å². The van der Waals surface area contributed by atoms with Gasteiger partial charge in [0.05, 0.1) is 23.3 Å². The van der Waals surface area contributed by atoms with Crippen molar-refractivity contribution in [2.45, 2.75) is 45.3 Å². The molecule has 2 aromatic carbocycles. The van der Waals surface area contributed by atoms with Crippen LogP contribution in [0, 0.1) is 0 Å². The fourth-order valence-electron chi connectivity index (χ4n) is 2.46. The minimum Gasteiger partial charge on any atom is -0.459 e. The largest absolute Gasteiger partial charge is 0.459 e. The molecule has 0 aromatic heterocycles. The first kappa shape index (κ1) is 18.7. The van der Waals surface area contributed by atoms with E-state index in [1.54, 1.807) is 24.3 Å². The van der Waals surface area contributed by atoms with Crippen molar-refractivity contribution in [1.29, 1.82) is 0 Å². The van der Waals surface area contributed by atoms with Crippen LogP contribution in [0.1, 0.15) is 53.8 Å². The van der Waals surface area contributed by atoms with Crippen molar-refractivity contribution in [3.8, 4) is 0 Å². The lowest BCUT2D eigenvalue weighted by Crippen LogP contribution is -2.18. The molecule has 25 heavy (non-hydrogen) atoms. The lowest BCUT2D eigenvalue weighted by Gasteiger charge is -2.16. The Bertz CT molecular complexity index is 607. The number of benzene rings is 2. The molecular weight excluding hydrogens is 316 g/mol. The summed E-state index contributed by atoms with van der Waals surface area (Å²) in [6.07, 6.45) is 1.92. The van der Waals surface area contributed by atoms with Crippen molar-refractivity contribution >= 4 is 11.9 Å². The van der Waals surface area contributed by atoms with Crippen LogP contribution in [0.2, 0.25) is 0 Å². The van der Waals surface area contributed by atoms with E-state index in [0.717, 1.165) is 19.3 Å². The van der Waals surface area contributed by atoms with E-state index in [4.69, 9.17) is 9.47 Å². The van der Waals surface area contributed by atoms with Crippen molar-refractivity contribution in [2.75, 3.05) is 0 Å². The van der Waals surface area contributed by atoms with E-state index < -0.39 is 0 Å². The van der Waals surface area contributed by atoms with Crippen LogP contribution < -0.4 is 0 Å². The maximum absolute atomic E-state index is 12.0. The van der Waals surface area contributed by atoms with Crippen LogP contribution in [-0.2, 0) is 9.47 Å². The smallest absolute Gasteiger partial charge is 0.338 e. The zero-order chi connectivity index (χ0) is 18.1. The van der Waals surface area contributed by atoms with Gasteiger partial charge >= 0.3 is 11.9 Å². The number of ether oxygens (including phenoxy) is 2. The number of esters is 2. The summed E-state index contributed by atoms with van der Waals surface area (Å²) in [6.45, 7) is 3.75. The van der Waals surface area contributed by atoms with Gasteiger partial charge in [0.25, 0.3) is 0 Å². The van der Waals surface area contributed by atoms with Crippen LogP contribution in [0.4, 0.5) is 0 Å². The maximum Gasteiger partial charge on any atom is 0.338 e. The standard InChI is InChI=1S/C21H24O4/c1-16(24-20(22)18-12-5-3-6-13-18)10-9-11-17(2)25-21(23)19-14-7-4-8-15-19/h3-8,12-17H,9-11H2,1-2H3. The van der Waals surface area contributed by atoms with Gasteiger partial charge < -0.3 is 9.47 Å². The van der Waals surface area contributed by atoms with E-state index in [0.29, 0.717) is 11.1 Å². The minimum atomic E-state index is -0.309. The predicted molar refractivity (Wildman–Crippen MR) is 96.5 cm³/mol. The summed E-state index contributed by atoms with van der Waals surface area (Å²) >= 11 is 0. The van der Waals surface area contributed by atoms with Gasteiger partial charge in [0.15, 0.2) is 0 Å². The molecular formula is C21H24O4. The highest BCUT2D eigenvalue weighted by molar-refractivity contribution is 5.89. The number of carbonyl (C=O) groups is 2. The van der Waals surface area contributed by atoms with Gasteiger partial charge in [-0.05, 0) is 57.4 Å². The predicted octanol–water partition coefficient (Wildman–Crippen LogP) is 4.65. The molecule has 0 saturated heterocycles. The Morgan fingerprint density at radius 2 is 1.08 bits per heavy atom. The van der Waals surface area contributed by atoms with Crippen molar-refractivity contribution in [3.05, 3.63) is 71.8 Å². The number of carbonyl (C=O) groups excluding carboxylic acids is 2. The van der Waals surface area contributed by atoms with E-state index in [9.17, 15) is 9.59 Å². The molecule has 0 saturated carbocycles. The van der Waals surface area contributed by atoms with Gasteiger partial charge in [-0.25, -0.2) is 9.59 Å². The van der Waals surface area contributed by atoms with Gasteiger partial charge in [-0.15, -0.1) is 0 Å². The Morgan fingerprint density at radius 1 is 0.720 bits per heavy atom. The van der Waals surface area contributed by atoms with Gasteiger partial charge in [0.1, 0.15) is 0 Å². The molecule has 2 aromatic rings.